The van der Waals surface area contributed by atoms with Gasteiger partial charge in [0.25, 0.3) is 0 Å². The molecule has 0 saturated carbocycles. The molecule has 1 unspecified atom stereocenters. The average molecular weight is 399 g/mol. The van der Waals surface area contributed by atoms with Crippen molar-refractivity contribution in [3.8, 4) is 0 Å². The monoisotopic (exact) mass is 398 g/mol. The zero-order valence-corrected chi connectivity index (χ0v) is 16.4. The van der Waals surface area contributed by atoms with E-state index in [0.717, 1.165) is 46.1 Å². The van der Waals surface area contributed by atoms with Crippen LogP contribution in [0.4, 0.5) is 0 Å². The molecule has 2 aliphatic heterocycles. The number of likely N-dealkylation sites (N-methyl/N-ethyl adjacent to an activating group) is 1. The summed E-state index contributed by atoms with van der Waals surface area (Å²) in [5.41, 5.74) is 11.4. The van der Waals surface area contributed by atoms with E-state index in [9.17, 15) is 0 Å². The zero-order valence-electron chi connectivity index (χ0n) is 14.9. The molecule has 2 aromatic rings. The number of halogens is 2. The molecule has 2 heterocycles. The van der Waals surface area contributed by atoms with Gasteiger partial charge in [0.2, 0.25) is 0 Å². The molecule has 0 spiro atoms. The van der Waals surface area contributed by atoms with Crippen LogP contribution < -0.4 is 11.1 Å². The van der Waals surface area contributed by atoms with Crippen molar-refractivity contribution in [1.29, 1.82) is 0 Å². The van der Waals surface area contributed by atoms with Crippen LogP contribution in [-0.4, -0.2) is 31.0 Å². The molecule has 6 heteroatoms. The highest BCUT2D eigenvalue weighted by Crippen LogP contribution is 2.38. The standard InChI is InChI=1S/C21H20Cl2N4/c1-27-11-14(10-13-6-2-4-8-17(13)22)19-16(12-27)20(26-21(24)25-19)15-7-3-5-9-18(15)23/h2-10,20H,11-12H2,1H3,(H3,24,25,26). The normalized spacial score (nSPS) is 21.7. The van der Waals surface area contributed by atoms with Gasteiger partial charge in [-0.25, -0.2) is 4.99 Å². The van der Waals surface area contributed by atoms with Crippen LogP contribution in [0.3, 0.4) is 0 Å². The van der Waals surface area contributed by atoms with Crippen LogP contribution in [0.5, 0.6) is 0 Å². The Morgan fingerprint density at radius 3 is 2.52 bits per heavy atom. The summed E-state index contributed by atoms with van der Waals surface area (Å²) in [6.45, 7) is 1.58. The SMILES string of the molecule is CN1CC(=Cc2ccccc2Cl)C2=C(C1)C(c1ccccc1Cl)N=C(N)N2. The van der Waals surface area contributed by atoms with Gasteiger partial charge in [-0.1, -0.05) is 59.6 Å². The molecule has 0 radical (unpaired) electrons. The van der Waals surface area contributed by atoms with E-state index in [1.165, 1.54) is 0 Å². The lowest BCUT2D eigenvalue weighted by Gasteiger charge is -2.36. The van der Waals surface area contributed by atoms with Gasteiger partial charge in [-0.3, -0.25) is 4.90 Å². The third kappa shape index (κ3) is 3.61. The second-order valence-electron chi connectivity index (χ2n) is 6.83. The molecule has 4 rings (SSSR count). The molecule has 1 atom stereocenters. The van der Waals surface area contributed by atoms with E-state index in [1.807, 2.05) is 48.5 Å². The third-order valence-electron chi connectivity index (χ3n) is 4.81. The van der Waals surface area contributed by atoms with Crippen molar-refractivity contribution in [2.45, 2.75) is 6.04 Å². The van der Waals surface area contributed by atoms with Crippen molar-refractivity contribution in [2.24, 2.45) is 10.7 Å². The lowest BCUT2D eigenvalue weighted by atomic mass is 9.89. The van der Waals surface area contributed by atoms with Crippen molar-refractivity contribution >= 4 is 35.2 Å². The zero-order chi connectivity index (χ0) is 19.0. The van der Waals surface area contributed by atoms with Crippen LogP contribution in [0.25, 0.3) is 6.08 Å². The molecule has 2 aliphatic rings. The maximum Gasteiger partial charge on any atom is 0.194 e. The minimum absolute atomic E-state index is 0.202. The predicted octanol–water partition coefficient (Wildman–Crippen LogP) is 4.24. The maximum atomic E-state index is 6.46. The number of hydrogen-bond acceptors (Lipinski definition) is 4. The Balaban J connectivity index is 1.84. The summed E-state index contributed by atoms with van der Waals surface area (Å²) in [4.78, 5) is 6.91. The summed E-state index contributed by atoms with van der Waals surface area (Å²) in [6, 6.07) is 15.4. The number of aliphatic imine (C=N–C) groups is 1. The van der Waals surface area contributed by atoms with E-state index in [4.69, 9.17) is 28.9 Å². The predicted molar refractivity (Wildman–Crippen MR) is 113 cm³/mol. The Morgan fingerprint density at radius 2 is 1.78 bits per heavy atom. The Bertz CT molecular complexity index is 978. The van der Waals surface area contributed by atoms with Gasteiger partial charge in [-0.15, -0.1) is 0 Å². The van der Waals surface area contributed by atoms with E-state index in [2.05, 4.69) is 28.3 Å². The van der Waals surface area contributed by atoms with Gasteiger partial charge in [0, 0.05) is 28.8 Å². The maximum absolute atomic E-state index is 6.46. The number of nitrogens with one attached hydrogen (secondary N) is 1. The highest BCUT2D eigenvalue weighted by atomic mass is 35.5. The summed E-state index contributed by atoms with van der Waals surface area (Å²) in [6.07, 6.45) is 2.11. The fraction of sp³-hybridized carbons (Fsp3) is 0.190. The minimum atomic E-state index is -0.202. The molecule has 0 bridgehead atoms. The summed E-state index contributed by atoms with van der Waals surface area (Å²) in [5, 5.41) is 4.69. The Kier molecular flexibility index (Phi) is 4.96. The first-order valence-electron chi connectivity index (χ1n) is 8.74. The highest BCUT2D eigenvalue weighted by molar-refractivity contribution is 6.32. The molecular weight excluding hydrogens is 379 g/mol. The molecule has 0 aromatic heterocycles. The van der Waals surface area contributed by atoms with Gasteiger partial charge in [0.15, 0.2) is 5.96 Å². The van der Waals surface area contributed by atoms with Crippen LogP contribution in [0.15, 0.2) is 70.4 Å². The fourth-order valence-corrected chi connectivity index (χ4v) is 4.04. The molecule has 0 fully saturated rings. The Morgan fingerprint density at radius 1 is 1.07 bits per heavy atom. The molecule has 0 aliphatic carbocycles. The Hall–Kier alpha value is -2.27. The lowest BCUT2D eigenvalue weighted by molar-refractivity contribution is 0.368. The smallest absolute Gasteiger partial charge is 0.194 e. The summed E-state index contributed by atoms with van der Waals surface area (Å²) in [7, 11) is 2.09. The number of benzene rings is 2. The van der Waals surface area contributed by atoms with Crippen LogP contribution in [0, 0.1) is 0 Å². The molecular formula is C21H20Cl2N4. The largest absolute Gasteiger partial charge is 0.370 e. The van der Waals surface area contributed by atoms with E-state index >= 15 is 0 Å². The second-order valence-corrected chi connectivity index (χ2v) is 7.64. The number of guanidine groups is 1. The van der Waals surface area contributed by atoms with Gasteiger partial charge in [-0.2, -0.15) is 0 Å². The van der Waals surface area contributed by atoms with E-state index < -0.39 is 0 Å². The molecule has 4 nitrogen and oxygen atoms in total. The Labute approximate surface area is 169 Å². The van der Waals surface area contributed by atoms with E-state index in [0.29, 0.717) is 11.0 Å². The quantitative estimate of drug-likeness (QED) is 0.795. The van der Waals surface area contributed by atoms with Crippen LogP contribution in [-0.2, 0) is 0 Å². The molecule has 0 saturated heterocycles. The first kappa shape index (κ1) is 18.1. The highest BCUT2D eigenvalue weighted by Gasteiger charge is 2.32. The second kappa shape index (κ2) is 7.39. The van der Waals surface area contributed by atoms with Crippen molar-refractivity contribution in [2.75, 3.05) is 20.1 Å². The van der Waals surface area contributed by atoms with Crippen LogP contribution >= 0.6 is 23.2 Å². The topological polar surface area (TPSA) is 53.6 Å². The molecule has 138 valence electrons. The van der Waals surface area contributed by atoms with Gasteiger partial charge in [-0.05, 0) is 47.5 Å². The number of rotatable bonds is 2. The molecule has 3 N–H and O–H groups in total. The van der Waals surface area contributed by atoms with Crippen molar-refractivity contribution in [3.05, 3.63) is 86.5 Å². The number of nitrogens with zero attached hydrogens (tertiary/aromatic N) is 2. The van der Waals surface area contributed by atoms with E-state index in [1.54, 1.807) is 0 Å². The third-order valence-corrected chi connectivity index (χ3v) is 5.50. The van der Waals surface area contributed by atoms with Crippen molar-refractivity contribution in [3.63, 3.8) is 0 Å². The van der Waals surface area contributed by atoms with Gasteiger partial charge >= 0.3 is 0 Å². The first-order valence-corrected chi connectivity index (χ1v) is 9.50. The van der Waals surface area contributed by atoms with Crippen molar-refractivity contribution in [1.82, 2.24) is 10.2 Å². The fourth-order valence-electron chi connectivity index (χ4n) is 3.61. The van der Waals surface area contributed by atoms with Gasteiger partial charge in [0.05, 0.1) is 0 Å². The van der Waals surface area contributed by atoms with Gasteiger partial charge in [0.1, 0.15) is 6.04 Å². The molecule has 27 heavy (non-hydrogen) atoms. The number of hydrogen-bond donors (Lipinski definition) is 2. The average Bonchev–Trinajstić information content (AvgIpc) is 2.64. The minimum Gasteiger partial charge on any atom is -0.370 e. The molecule has 0 amide bonds. The van der Waals surface area contributed by atoms with Crippen LogP contribution in [0.1, 0.15) is 17.2 Å². The summed E-state index contributed by atoms with van der Waals surface area (Å²) < 4.78 is 0. The van der Waals surface area contributed by atoms with E-state index in [-0.39, 0.29) is 6.04 Å². The molecule has 2 aromatic carbocycles. The van der Waals surface area contributed by atoms with Crippen LogP contribution in [0.2, 0.25) is 10.0 Å². The van der Waals surface area contributed by atoms with Gasteiger partial charge < -0.3 is 11.1 Å². The lowest BCUT2D eigenvalue weighted by Crippen LogP contribution is -2.43. The number of nitrogens with two attached hydrogens (primary N) is 1. The first-order chi connectivity index (χ1) is 13.0. The summed E-state index contributed by atoms with van der Waals surface area (Å²) in [5.74, 6) is 0.397. The van der Waals surface area contributed by atoms with Crippen molar-refractivity contribution < 1.29 is 0 Å². The summed E-state index contributed by atoms with van der Waals surface area (Å²) >= 11 is 12.8.